The van der Waals surface area contributed by atoms with Crippen molar-refractivity contribution in [3.05, 3.63) is 51.9 Å². The fourth-order valence-electron chi connectivity index (χ4n) is 2.29. The maximum atomic E-state index is 13.7. The van der Waals surface area contributed by atoms with Gasteiger partial charge in [0.15, 0.2) is 5.16 Å². The highest BCUT2D eigenvalue weighted by atomic mass is 32.2. The first-order valence-corrected chi connectivity index (χ1v) is 9.33. The van der Waals surface area contributed by atoms with Gasteiger partial charge < -0.3 is 10.3 Å². The molecular formula is C18H21F2N3O2S. The Hall–Kier alpha value is -2.22. The molecule has 2 rings (SSSR count). The van der Waals surface area contributed by atoms with Gasteiger partial charge in [-0.15, -0.1) is 0 Å². The standard InChI is InChI=1S/C18H21F2N3O2S/c1-3-5-6-12-10-16(24)23-18(21-12)26-15(4-2)17(25)22-14-8-7-11(19)9-13(14)20/h7-10,15H,3-6H2,1-2H3,(H,22,25)(H,21,23,24). The average molecular weight is 381 g/mol. The van der Waals surface area contributed by atoms with Gasteiger partial charge in [-0.25, -0.2) is 13.8 Å². The van der Waals surface area contributed by atoms with Gasteiger partial charge >= 0.3 is 0 Å². The van der Waals surface area contributed by atoms with E-state index in [1.165, 1.54) is 12.1 Å². The molecule has 26 heavy (non-hydrogen) atoms. The lowest BCUT2D eigenvalue weighted by Crippen LogP contribution is -2.26. The van der Waals surface area contributed by atoms with Crippen LogP contribution < -0.4 is 10.9 Å². The molecule has 1 aromatic carbocycles. The third-order valence-electron chi connectivity index (χ3n) is 3.67. The van der Waals surface area contributed by atoms with Crippen LogP contribution in [-0.4, -0.2) is 21.1 Å². The number of aromatic nitrogens is 2. The van der Waals surface area contributed by atoms with Crippen molar-refractivity contribution in [1.82, 2.24) is 9.97 Å². The molecule has 0 aliphatic rings. The van der Waals surface area contributed by atoms with E-state index in [2.05, 4.69) is 22.2 Å². The number of nitrogens with one attached hydrogen (secondary N) is 2. The summed E-state index contributed by atoms with van der Waals surface area (Å²) >= 11 is 1.11. The smallest absolute Gasteiger partial charge is 0.251 e. The number of H-pyrrole nitrogens is 1. The number of carbonyl (C=O) groups is 1. The maximum absolute atomic E-state index is 13.7. The summed E-state index contributed by atoms with van der Waals surface area (Å²) in [5, 5.41) is 2.22. The Labute approximate surface area is 154 Å². The van der Waals surface area contributed by atoms with Crippen LogP contribution in [0.25, 0.3) is 0 Å². The highest BCUT2D eigenvalue weighted by Crippen LogP contribution is 2.24. The summed E-state index contributed by atoms with van der Waals surface area (Å²) in [6.45, 7) is 3.85. The molecule has 0 fully saturated rings. The quantitative estimate of drug-likeness (QED) is 0.537. The molecule has 0 aliphatic carbocycles. The Morgan fingerprint density at radius 3 is 2.73 bits per heavy atom. The van der Waals surface area contributed by atoms with Crippen LogP contribution in [0.5, 0.6) is 0 Å². The van der Waals surface area contributed by atoms with Crippen molar-refractivity contribution >= 4 is 23.4 Å². The number of hydrogen-bond acceptors (Lipinski definition) is 4. The summed E-state index contributed by atoms with van der Waals surface area (Å²) < 4.78 is 26.7. The maximum Gasteiger partial charge on any atom is 0.251 e. The molecule has 0 saturated carbocycles. The number of halogens is 2. The second-order valence-corrected chi connectivity index (χ2v) is 6.97. The summed E-state index contributed by atoms with van der Waals surface area (Å²) in [7, 11) is 0. The third-order valence-corrected chi connectivity index (χ3v) is 4.91. The first kappa shape index (κ1) is 20.1. The number of amides is 1. The van der Waals surface area contributed by atoms with Crippen molar-refractivity contribution < 1.29 is 13.6 Å². The van der Waals surface area contributed by atoms with E-state index >= 15 is 0 Å². The lowest BCUT2D eigenvalue weighted by Gasteiger charge is -2.15. The molecule has 0 radical (unpaired) electrons. The fraction of sp³-hybridized carbons (Fsp3) is 0.389. The van der Waals surface area contributed by atoms with Crippen molar-refractivity contribution in [2.45, 2.75) is 49.9 Å². The largest absolute Gasteiger partial charge is 0.323 e. The number of aromatic amines is 1. The number of rotatable bonds is 8. The SMILES string of the molecule is CCCCc1cc(=O)[nH]c(SC(CC)C(=O)Nc2ccc(F)cc2F)n1. The Morgan fingerprint density at radius 2 is 2.08 bits per heavy atom. The van der Waals surface area contributed by atoms with Gasteiger partial charge in [0.1, 0.15) is 11.6 Å². The van der Waals surface area contributed by atoms with E-state index in [1.54, 1.807) is 6.92 Å². The molecule has 0 bridgehead atoms. The lowest BCUT2D eigenvalue weighted by molar-refractivity contribution is -0.115. The zero-order chi connectivity index (χ0) is 19.1. The third kappa shape index (κ3) is 5.66. The van der Waals surface area contributed by atoms with Gasteiger partial charge in [-0.2, -0.15) is 0 Å². The second kappa shape index (κ2) is 9.47. The Balaban J connectivity index is 2.11. The number of thioether (sulfide) groups is 1. The predicted molar refractivity (Wildman–Crippen MR) is 98.4 cm³/mol. The summed E-state index contributed by atoms with van der Waals surface area (Å²) in [4.78, 5) is 31.2. The van der Waals surface area contributed by atoms with Crippen molar-refractivity contribution in [2.75, 3.05) is 5.32 Å². The minimum Gasteiger partial charge on any atom is -0.323 e. The molecule has 1 unspecified atom stereocenters. The molecule has 8 heteroatoms. The van der Waals surface area contributed by atoms with Gasteiger partial charge in [-0.1, -0.05) is 32.0 Å². The van der Waals surface area contributed by atoms with E-state index < -0.39 is 22.8 Å². The number of unbranched alkanes of at least 4 members (excludes halogenated alkanes) is 1. The minimum absolute atomic E-state index is 0.0893. The van der Waals surface area contributed by atoms with Crippen molar-refractivity contribution in [3.8, 4) is 0 Å². The monoisotopic (exact) mass is 381 g/mol. The van der Waals surface area contributed by atoms with E-state index in [0.717, 1.165) is 30.7 Å². The molecule has 1 amide bonds. The van der Waals surface area contributed by atoms with Crippen LogP contribution in [0.3, 0.4) is 0 Å². The normalized spacial score (nSPS) is 12.0. The van der Waals surface area contributed by atoms with E-state index in [1.807, 2.05) is 0 Å². The first-order valence-electron chi connectivity index (χ1n) is 8.45. The summed E-state index contributed by atoms with van der Waals surface area (Å²) in [5.41, 5.74) is 0.319. The molecule has 0 saturated heterocycles. The van der Waals surface area contributed by atoms with E-state index in [4.69, 9.17) is 0 Å². The van der Waals surface area contributed by atoms with Gasteiger partial charge in [-0.05, 0) is 31.4 Å². The van der Waals surface area contributed by atoms with Crippen LogP contribution in [0, 0.1) is 11.6 Å². The van der Waals surface area contributed by atoms with Crippen LogP contribution in [0.4, 0.5) is 14.5 Å². The lowest BCUT2D eigenvalue weighted by atomic mass is 10.2. The summed E-state index contributed by atoms with van der Waals surface area (Å²) in [6.07, 6.45) is 3.04. The van der Waals surface area contributed by atoms with Gasteiger partial charge in [-0.3, -0.25) is 9.59 Å². The van der Waals surface area contributed by atoms with Crippen LogP contribution in [0.2, 0.25) is 0 Å². The van der Waals surface area contributed by atoms with Gasteiger partial charge in [0.25, 0.3) is 5.56 Å². The highest BCUT2D eigenvalue weighted by molar-refractivity contribution is 8.00. The molecule has 5 nitrogen and oxygen atoms in total. The fourth-order valence-corrected chi connectivity index (χ4v) is 3.22. The molecule has 2 N–H and O–H groups in total. The molecule has 1 atom stereocenters. The number of carbonyl (C=O) groups excluding carboxylic acids is 1. The molecular weight excluding hydrogens is 360 g/mol. The zero-order valence-electron chi connectivity index (χ0n) is 14.6. The van der Waals surface area contributed by atoms with Crippen LogP contribution in [-0.2, 0) is 11.2 Å². The summed E-state index contributed by atoms with van der Waals surface area (Å²) in [6, 6.07) is 4.41. The first-order chi connectivity index (χ1) is 12.4. The zero-order valence-corrected chi connectivity index (χ0v) is 15.5. The van der Waals surface area contributed by atoms with Crippen LogP contribution in [0.1, 0.15) is 38.8 Å². The molecule has 1 aromatic heterocycles. The van der Waals surface area contributed by atoms with Gasteiger partial charge in [0, 0.05) is 17.8 Å². The van der Waals surface area contributed by atoms with Crippen molar-refractivity contribution in [2.24, 2.45) is 0 Å². The number of benzene rings is 1. The van der Waals surface area contributed by atoms with Crippen molar-refractivity contribution in [1.29, 1.82) is 0 Å². The van der Waals surface area contributed by atoms with E-state index in [-0.39, 0.29) is 11.2 Å². The van der Waals surface area contributed by atoms with Gasteiger partial charge in [0.05, 0.1) is 10.9 Å². The Kier molecular flexibility index (Phi) is 7.32. The second-order valence-electron chi connectivity index (χ2n) is 5.77. The minimum atomic E-state index is -0.841. The predicted octanol–water partition coefficient (Wildman–Crippen LogP) is 3.90. The van der Waals surface area contributed by atoms with Crippen molar-refractivity contribution in [3.63, 3.8) is 0 Å². The molecule has 140 valence electrons. The molecule has 2 aromatic rings. The summed E-state index contributed by atoms with van der Waals surface area (Å²) in [5.74, 6) is -2.00. The number of anilines is 1. The Morgan fingerprint density at radius 1 is 1.31 bits per heavy atom. The van der Waals surface area contributed by atoms with E-state index in [9.17, 15) is 18.4 Å². The van der Waals surface area contributed by atoms with Crippen LogP contribution >= 0.6 is 11.8 Å². The topological polar surface area (TPSA) is 74.8 Å². The number of nitrogens with zero attached hydrogens (tertiary/aromatic N) is 1. The average Bonchev–Trinajstić information content (AvgIpc) is 2.59. The van der Waals surface area contributed by atoms with Gasteiger partial charge in [0.2, 0.25) is 5.91 Å². The highest BCUT2D eigenvalue weighted by Gasteiger charge is 2.21. The number of hydrogen-bond donors (Lipinski definition) is 2. The van der Waals surface area contributed by atoms with Crippen LogP contribution in [0.15, 0.2) is 34.2 Å². The molecule has 0 aliphatic heterocycles. The molecule has 1 heterocycles. The molecule has 0 spiro atoms. The number of aryl methyl sites for hydroxylation is 1. The Bertz CT molecular complexity index is 826. The van der Waals surface area contributed by atoms with E-state index in [0.29, 0.717) is 29.8 Å².